The highest BCUT2D eigenvalue weighted by molar-refractivity contribution is 7.98. The number of fused-ring (bicyclic) bond motifs is 1. The van der Waals surface area contributed by atoms with Crippen molar-refractivity contribution in [1.82, 2.24) is 4.90 Å². The molecule has 0 aromatic heterocycles. The average molecular weight is 267 g/mol. The van der Waals surface area contributed by atoms with E-state index < -0.39 is 0 Å². The summed E-state index contributed by atoms with van der Waals surface area (Å²) in [4.78, 5) is 14.0. The second-order valence-corrected chi connectivity index (χ2v) is 5.58. The van der Waals surface area contributed by atoms with E-state index in [9.17, 15) is 9.18 Å². The number of rotatable bonds is 3. The van der Waals surface area contributed by atoms with Gasteiger partial charge in [0.15, 0.2) is 0 Å². The highest BCUT2D eigenvalue weighted by Gasteiger charge is 2.27. The van der Waals surface area contributed by atoms with Gasteiger partial charge in [-0.25, -0.2) is 4.39 Å². The Balaban J connectivity index is 2.16. The first kappa shape index (κ1) is 13.4. The maximum Gasteiger partial charge on any atom is 0.223 e. The molecule has 0 fully saturated rings. The van der Waals surface area contributed by atoms with Crippen molar-refractivity contribution in [3.8, 4) is 0 Å². The molecule has 0 radical (unpaired) electrons. The molecule has 98 valence electrons. The third-order valence-electron chi connectivity index (χ3n) is 3.49. The summed E-state index contributed by atoms with van der Waals surface area (Å²) < 4.78 is 13.3. The fourth-order valence-corrected chi connectivity index (χ4v) is 2.84. The molecule has 1 atom stereocenters. The van der Waals surface area contributed by atoms with Gasteiger partial charge >= 0.3 is 0 Å². The zero-order valence-corrected chi connectivity index (χ0v) is 11.6. The molecule has 1 aromatic rings. The molecule has 0 unspecified atom stereocenters. The van der Waals surface area contributed by atoms with Gasteiger partial charge in [0.1, 0.15) is 5.82 Å². The van der Waals surface area contributed by atoms with Crippen molar-refractivity contribution < 1.29 is 9.18 Å². The van der Waals surface area contributed by atoms with Gasteiger partial charge < -0.3 is 4.90 Å². The Kier molecular flexibility index (Phi) is 4.27. The molecule has 0 spiro atoms. The highest BCUT2D eigenvalue weighted by Crippen LogP contribution is 2.30. The van der Waals surface area contributed by atoms with Crippen molar-refractivity contribution in [3.05, 3.63) is 35.1 Å². The molecule has 1 amide bonds. The van der Waals surface area contributed by atoms with Gasteiger partial charge in [-0.1, -0.05) is 6.07 Å². The summed E-state index contributed by atoms with van der Waals surface area (Å²) >= 11 is 1.68. The number of nitrogens with zero attached hydrogens (tertiary/aromatic N) is 1. The first-order valence-electron chi connectivity index (χ1n) is 6.20. The normalized spacial score (nSPS) is 18.6. The SMILES string of the molecule is CSCCC(=O)N1CCc2ccc(F)cc2[C@@H]1C. The van der Waals surface area contributed by atoms with Gasteiger partial charge in [-0.05, 0) is 42.9 Å². The Morgan fingerprint density at radius 3 is 3.06 bits per heavy atom. The molecule has 2 nitrogen and oxygen atoms in total. The van der Waals surface area contributed by atoms with Crippen LogP contribution in [0.5, 0.6) is 0 Å². The minimum atomic E-state index is -0.223. The van der Waals surface area contributed by atoms with Crippen molar-refractivity contribution in [2.75, 3.05) is 18.6 Å². The number of hydrogen-bond acceptors (Lipinski definition) is 2. The van der Waals surface area contributed by atoms with Crippen LogP contribution in [0.15, 0.2) is 18.2 Å². The van der Waals surface area contributed by atoms with Gasteiger partial charge in [0.05, 0.1) is 6.04 Å². The average Bonchev–Trinajstić information content (AvgIpc) is 2.37. The first-order chi connectivity index (χ1) is 8.63. The number of amides is 1. The second-order valence-electron chi connectivity index (χ2n) is 4.60. The smallest absolute Gasteiger partial charge is 0.223 e. The van der Waals surface area contributed by atoms with Gasteiger partial charge in [-0.15, -0.1) is 0 Å². The molecule has 1 aliphatic rings. The largest absolute Gasteiger partial charge is 0.336 e. The summed E-state index contributed by atoms with van der Waals surface area (Å²) in [6, 6.07) is 4.88. The predicted octanol–water partition coefficient (Wildman–Crippen LogP) is 3.02. The van der Waals surface area contributed by atoms with Crippen LogP contribution in [0.25, 0.3) is 0 Å². The van der Waals surface area contributed by atoms with Crippen LogP contribution in [0.2, 0.25) is 0 Å². The summed E-state index contributed by atoms with van der Waals surface area (Å²) in [5, 5.41) is 0. The monoisotopic (exact) mass is 267 g/mol. The van der Waals surface area contributed by atoms with Crippen LogP contribution in [0.1, 0.15) is 30.5 Å². The third-order valence-corrected chi connectivity index (χ3v) is 4.10. The van der Waals surface area contributed by atoms with Gasteiger partial charge in [-0.2, -0.15) is 11.8 Å². The minimum Gasteiger partial charge on any atom is -0.336 e. The molecule has 1 aromatic carbocycles. The number of hydrogen-bond donors (Lipinski definition) is 0. The van der Waals surface area contributed by atoms with E-state index in [1.165, 1.54) is 6.07 Å². The molecule has 4 heteroatoms. The lowest BCUT2D eigenvalue weighted by Gasteiger charge is -2.35. The number of thioether (sulfide) groups is 1. The van der Waals surface area contributed by atoms with E-state index in [2.05, 4.69) is 0 Å². The Labute approximate surface area is 112 Å². The topological polar surface area (TPSA) is 20.3 Å². The van der Waals surface area contributed by atoms with Crippen molar-refractivity contribution in [1.29, 1.82) is 0 Å². The molecule has 2 rings (SSSR count). The first-order valence-corrected chi connectivity index (χ1v) is 7.59. The zero-order valence-electron chi connectivity index (χ0n) is 10.8. The Morgan fingerprint density at radius 2 is 2.33 bits per heavy atom. The van der Waals surface area contributed by atoms with Gasteiger partial charge in [0.2, 0.25) is 5.91 Å². The summed E-state index contributed by atoms with van der Waals surface area (Å²) in [7, 11) is 0. The zero-order chi connectivity index (χ0) is 13.1. The lowest BCUT2D eigenvalue weighted by Crippen LogP contribution is -2.39. The van der Waals surface area contributed by atoms with Gasteiger partial charge in [0.25, 0.3) is 0 Å². The van der Waals surface area contributed by atoms with Crippen LogP contribution in [0.4, 0.5) is 4.39 Å². The Hall–Kier alpha value is -1.03. The molecule has 1 aliphatic heterocycles. The molecular formula is C14H18FNOS. The molecule has 0 aliphatic carbocycles. The van der Waals surface area contributed by atoms with Gasteiger partial charge in [0, 0.05) is 18.7 Å². The van der Waals surface area contributed by atoms with E-state index in [1.807, 2.05) is 24.1 Å². The lowest BCUT2D eigenvalue weighted by molar-refractivity contribution is -0.133. The quantitative estimate of drug-likeness (QED) is 0.839. The Bertz CT molecular complexity index is 449. The van der Waals surface area contributed by atoms with E-state index in [0.29, 0.717) is 6.42 Å². The van der Waals surface area contributed by atoms with Crippen LogP contribution in [0.3, 0.4) is 0 Å². The number of benzene rings is 1. The lowest BCUT2D eigenvalue weighted by atomic mass is 9.93. The van der Waals surface area contributed by atoms with Crippen molar-refractivity contribution >= 4 is 17.7 Å². The van der Waals surface area contributed by atoms with Crippen LogP contribution in [-0.4, -0.2) is 29.4 Å². The van der Waals surface area contributed by atoms with E-state index in [4.69, 9.17) is 0 Å². The van der Waals surface area contributed by atoms with Crippen LogP contribution >= 0.6 is 11.8 Å². The standard InChI is InChI=1S/C14H18FNOS/c1-10-13-9-12(15)4-3-11(13)5-7-16(10)14(17)6-8-18-2/h3-4,9-10H,5-8H2,1-2H3/t10-/m0/s1. The fraction of sp³-hybridized carbons (Fsp3) is 0.500. The maximum atomic E-state index is 13.3. The van der Waals surface area contributed by atoms with Crippen molar-refractivity contribution in [2.24, 2.45) is 0 Å². The van der Waals surface area contributed by atoms with E-state index in [1.54, 1.807) is 17.8 Å². The molecule has 18 heavy (non-hydrogen) atoms. The summed E-state index contributed by atoms with van der Waals surface area (Å²) in [5.74, 6) is 0.795. The van der Waals surface area contributed by atoms with E-state index in [-0.39, 0.29) is 17.8 Å². The number of halogens is 1. The maximum absolute atomic E-state index is 13.3. The second kappa shape index (κ2) is 5.74. The highest BCUT2D eigenvalue weighted by atomic mass is 32.2. The molecule has 1 heterocycles. The van der Waals surface area contributed by atoms with Crippen molar-refractivity contribution in [3.63, 3.8) is 0 Å². The summed E-state index contributed by atoms with van der Waals surface area (Å²) in [6.45, 7) is 2.72. The van der Waals surface area contributed by atoms with Crippen LogP contribution in [0, 0.1) is 5.82 Å². The number of carbonyl (C=O) groups is 1. The molecule has 0 bridgehead atoms. The van der Waals surface area contributed by atoms with Crippen LogP contribution in [-0.2, 0) is 11.2 Å². The third kappa shape index (κ3) is 2.69. The molecule has 0 saturated carbocycles. The summed E-state index contributed by atoms with van der Waals surface area (Å²) in [5.41, 5.74) is 2.12. The van der Waals surface area contributed by atoms with Crippen molar-refractivity contribution in [2.45, 2.75) is 25.8 Å². The predicted molar refractivity (Wildman–Crippen MR) is 73.2 cm³/mol. The van der Waals surface area contributed by atoms with E-state index in [0.717, 1.165) is 29.8 Å². The Morgan fingerprint density at radius 1 is 1.56 bits per heavy atom. The minimum absolute atomic E-state index is 0.0150. The molecule has 0 saturated heterocycles. The molecular weight excluding hydrogens is 249 g/mol. The van der Waals surface area contributed by atoms with Gasteiger partial charge in [-0.3, -0.25) is 4.79 Å². The van der Waals surface area contributed by atoms with Crippen LogP contribution < -0.4 is 0 Å². The summed E-state index contributed by atoms with van der Waals surface area (Å²) in [6.07, 6.45) is 3.39. The van der Waals surface area contributed by atoms with E-state index >= 15 is 0 Å². The molecule has 0 N–H and O–H groups in total. The number of carbonyl (C=O) groups excluding carboxylic acids is 1. The fourth-order valence-electron chi connectivity index (χ4n) is 2.46.